The van der Waals surface area contributed by atoms with Crippen LogP contribution in [0.3, 0.4) is 0 Å². The van der Waals surface area contributed by atoms with Crippen LogP contribution in [0.2, 0.25) is 0 Å². The van der Waals surface area contributed by atoms with Gasteiger partial charge in [0, 0.05) is 20.3 Å². The van der Waals surface area contributed by atoms with Crippen LogP contribution in [0.15, 0.2) is 0 Å². The second kappa shape index (κ2) is 8.05. The van der Waals surface area contributed by atoms with Crippen molar-refractivity contribution in [2.45, 2.75) is 32.2 Å². The molecular formula is C11H26N2O2. The van der Waals surface area contributed by atoms with E-state index in [1.165, 1.54) is 0 Å². The maximum absolute atomic E-state index is 8.69. The number of hydrogen-bond acceptors (Lipinski definition) is 4. The molecule has 0 bridgehead atoms. The molecule has 0 aliphatic rings. The first-order chi connectivity index (χ1) is 7.13. The molecule has 0 aliphatic carbocycles. The topological polar surface area (TPSA) is 67.5 Å². The van der Waals surface area contributed by atoms with E-state index in [9.17, 15) is 0 Å². The van der Waals surface area contributed by atoms with Crippen molar-refractivity contribution < 1.29 is 9.84 Å². The fourth-order valence-electron chi connectivity index (χ4n) is 1.62. The number of nitrogens with one attached hydrogen (secondary N) is 1. The van der Waals surface area contributed by atoms with E-state index in [0.29, 0.717) is 19.1 Å². The van der Waals surface area contributed by atoms with E-state index >= 15 is 0 Å². The van der Waals surface area contributed by atoms with Gasteiger partial charge in [0.05, 0.1) is 12.1 Å². The summed E-state index contributed by atoms with van der Waals surface area (Å²) in [5, 5.41) is 12.1. The Labute approximate surface area is 93.2 Å². The second-order valence-electron chi connectivity index (χ2n) is 4.31. The zero-order chi connectivity index (χ0) is 11.7. The highest BCUT2D eigenvalue weighted by atomic mass is 16.5. The lowest BCUT2D eigenvalue weighted by molar-refractivity contribution is 0.0826. The molecule has 4 N–H and O–H groups in total. The Kier molecular flexibility index (Phi) is 7.96. The third-order valence-electron chi connectivity index (χ3n) is 2.93. The first-order valence-electron chi connectivity index (χ1n) is 5.68. The highest BCUT2D eigenvalue weighted by Gasteiger charge is 2.31. The van der Waals surface area contributed by atoms with Crippen LogP contribution in [0, 0.1) is 5.92 Å². The largest absolute Gasteiger partial charge is 0.396 e. The standard InChI is InChI=1S/C11H26N2O2/c1-10(2)11(8-12,9-15-3)13-6-4-5-7-14/h10,13-14H,4-9,12H2,1-3H3. The molecular weight excluding hydrogens is 192 g/mol. The summed E-state index contributed by atoms with van der Waals surface area (Å²) in [6, 6.07) is 0. The fraction of sp³-hybridized carbons (Fsp3) is 1.00. The Morgan fingerprint density at radius 2 is 2.07 bits per heavy atom. The normalized spacial score (nSPS) is 15.6. The van der Waals surface area contributed by atoms with Gasteiger partial charge in [0.15, 0.2) is 0 Å². The molecule has 0 radical (unpaired) electrons. The highest BCUT2D eigenvalue weighted by Crippen LogP contribution is 2.16. The molecule has 1 unspecified atom stereocenters. The molecule has 4 heteroatoms. The molecule has 0 fully saturated rings. The number of nitrogens with two attached hydrogens (primary N) is 1. The second-order valence-corrected chi connectivity index (χ2v) is 4.31. The van der Waals surface area contributed by atoms with Gasteiger partial charge in [-0.15, -0.1) is 0 Å². The maximum atomic E-state index is 8.69. The van der Waals surface area contributed by atoms with Gasteiger partial charge in [-0.3, -0.25) is 0 Å². The molecule has 0 amide bonds. The lowest BCUT2D eigenvalue weighted by Gasteiger charge is -2.37. The predicted molar refractivity (Wildman–Crippen MR) is 62.8 cm³/mol. The van der Waals surface area contributed by atoms with Crippen molar-refractivity contribution >= 4 is 0 Å². The van der Waals surface area contributed by atoms with E-state index in [4.69, 9.17) is 15.6 Å². The van der Waals surface area contributed by atoms with Crippen LogP contribution in [0.1, 0.15) is 26.7 Å². The first-order valence-corrected chi connectivity index (χ1v) is 5.68. The molecule has 0 spiro atoms. The van der Waals surface area contributed by atoms with Gasteiger partial charge in [-0.2, -0.15) is 0 Å². The number of unbranched alkanes of at least 4 members (excludes halogenated alkanes) is 1. The third-order valence-corrected chi connectivity index (χ3v) is 2.93. The highest BCUT2D eigenvalue weighted by molar-refractivity contribution is 4.92. The minimum absolute atomic E-state index is 0.135. The number of hydrogen-bond donors (Lipinski definition) is 3. The van der Waals surface area contributed by atoms with Crippen LogP contribution < -0.4 is 11.1 Å². The van der Waals surface area contributed by atoms with Crippen molar-refractivity contribution in [3.8, 4) is 0 Å². The summed E-state index contributed by atoms with van der Waals surface area (Å²) in [6.07, 6.45) is 1.80. The number of rotatable bonds is 9. The van der Waals surface area contributed by atoms with Crippen LogP contribution in [0.4, 0.5) is 0 Å². The SMILES string of the molecule is COCC(CN)(NCCCCO)C(C)C. The van der Waals surface area contributed by atoms with E-state index in [0.717, 1.165) is 19.4 Å². The zero-order valence-corrected chi connectivity index (χ0v) is 10.3. The van der Waals surface area contributed by atoms with Crippen LogP contribution in [-0.2, 0) is 4.74 Å². The van der Waals surface area contributed by atoms with Gasteiger partial charge in [-0.05, 0) is 25.3 Å². The summed E-state index contributed by atoms with van der Waals surface area (Å²) in [5.74, 6) is 0.427. The van der Waals surface area contributed by atoms with Crippen LogP contribution >= 0.6 is 0 Å². The summed E-state index contributed by atoms with van der Waals surface area (Å²) in [5.41, 5.74) is 5.68. The monoisotopic (exact) mass is 218 g/mol. The smallest absolute Gasteiger partial charge is 0.0659 e. The van der Waals surface area contributed by atoms with Crippen molar-refractivity contribution in [2.75, 3.05) is 33.4 Å². The quantitative estimate of drug-likeness (QED) is 0.488. The van der Waals surface area contributed by atoms with E-state index in [-0.39, 0.29) is 12.1 Å². The molecule has 92 valence electrons. The lowest BCUT2D eigenvalue weighted by Crippen LogP contribution is -2.58. The fourth-order valence-corrected chi connectivity index (χ4v) is 1.62. The van der Waals surface area contributed by atoms with Gasteiger partial charge in [0.25, 0.3) is 0 Å². The van der Waals surface area contributed by atoms with Crippen molar-refractivity contribution in [2.24, 2.45) is 11.7 Å². The Morgan fingerprint density at radius 3 is 2.47 bits per heavy atom. The van der Waals surface area contributed by atoms with Gasteiger partial charge in [0.1, 0.15) is 0 Å². The summed E-state index contributed by atoms with van der Waals surface area (Å²) >= 11 is 0. The average Bonchev–Trinajstić information content (AvgIpc) is 2.22. The minimum Gasteiger partial charge on any atom is -0.396 e. The van der Waals surface area contributed by atoms with Crippen LogP contribution in [-0.4, -0.2) is 44.1 Å². The van der Waals surface area contributed by atoms with E-state index < -0.39 is 0 Å². The molecule has 0 aromatic rings. The zero-order valence-electron chi connectivity index (χ0n) is 10.3. The number of ether oxygens (including phenoxy) is 1. The third kappa shape index (κ3) is 4.93. The van der Waals surface area contributed by atoms with Gasteiger partial charge in [0.2, 0.25) is 0 Å². The Hall–Kier alpha value is -0.160. The lowest BCUT2D eigenvalue weighted by atomic mass is 9.87. The van der Waals surface area contributed by atoms with Crippen molar-refractivity contribution in [1.29, 1.82) is 0 Å². The molecule has 0 saturated carbocycles. The number of methoxy groups -OCH3 is 1. The van der Waals surface area contributed by atoms with Crippen LogP contribution in [0.5, 0.6) is 0 Å². The maximum Gasteiger partial charge on any atom is 0.0659 e. The Balaban J connectivity index is 4.10. The summed E-state index contributed by atoms with van der Waals surface area (Å²) in [4.78, 5) is 0. The molecule has 1 atom stereocenters. The van der Waals surface area contributed by atoms with Crippen molar-refractivity contribution in [3.63, 3.8) is 0 Å². The molecule has 0 rings (SSSR count). The van der Waals surface area contributed by atoms with Crippen molar-refractivity contribution in [3.05, 3.63) is 0 Å². The number of aliphatic hydroxyl groups is 1. The molecule has 0 aromatic heterocycles. The summed E-state index contributed by atoms with van der Waals surface area (Å²) < 4.78 is 5.22. The van der Waals surface area contributed by atoms with E-state index in [1.54, 1.807) is 7.11 Å². The molecule has 4 nitrogen and oxygen atoms in total. The van der Waals surface area contributed by atoms with Gasteiger partial charge >= 0.3 is 0 Å². The Bertz CT molecular complexity index is 154. The van der Waals surface area contributed by atoms with E-state index in [2.05, 4.69) is 19.2 Å². The average molecular weight is 218 g/mol. The van der Waals surface area contributed by atoms with Gasteiger partial charge in [-0.25, -0.2) is 0 Å². The molecule has 0 saturated heterocycles. The summed E-state index contributed by atoms with van der Waals surface area (Å²) in [6.45, 7) is 6.61. The molecule has 0 heterocycles. The molecule has 0 aromatic carbocycles. The predicted octanol–water partition coefficient (Wildman–Crippen LogP) is 0.348. The minimum atomic E-state index is -0.135. The first kappa shape index (κ1) is 14.8. The van der Waals surface area contributed by atoms with Gasteiger partial charge in [-0.1, -0.05) is 13.8 Å². The molecule has 0 aliphatic heterocycles. The van der Waals surface area contributed by atoms with Crippen LogP contribution in [0.25, 0.3) is 0 Å². The molecule has 15 heavy (non-hydrogen) atoms. The van der Waals surface area contributed by atoms with Gasteiger partial charge < -0.3 is 20.9 Å². The summed E-state index contributed by atoms with van der Waals surface area (Å²) in [7, 11) is 1.70. The Morgan fingerprint density at radius 1 is 1.40 bits per heavy atom. The number of aliphatic hydroxyl groups excluding tert-OH is 1. The van der Waals surface area contributed by atoms with Crippen molar-refractivity contribution in [1.82, 2.24) is 5.32 Å². The van der Waals surface area contributed by atoms with E-state index in [1.807, 2.05) is 0 Å².